The van der Waals surface area contributed by atoms with Crippen LogP contribution < -0.4 is 0 Å². The molecule has 1 saturated heterocycles. The maximum Gasteiger partial charge on any atom is 0.307 e. The highest BCUT2D eigenvalue weighted by atomic mass is 32.1. The molecule has 0 aromatic carbocycles. The van der Waals surface area contributed by atoms with Crippen LogP contribution in [0.2, 0.25) is 0 Å². The molecule has 2 rings (SSSR count). The number of carboxylic acids is 1. The molecule has 100 valence electrons. The largest absolute Gasteiger partial charge is 0.481 e. The topological polar surface area (TPSA) is 40.5 Å². The Kier molecular flexibility index (Phi) is 4.40. The van der Waals surface area contributed by atoms with E-state index in [1.54, 1.807) is 0 Å². The van der Waals surface area contributed by atoms with Gasteiger partial charge in [-0.3, -0.25) is 9.69 Å². The number of thiophene rings is 1. The van der Waals surface area contributed by atoms with E-state index in [1.807, 2.05) is 11.3 Å². The third kappa shape index (κ3) is 2.93. The number of nitrogens with zero attached hydrogens (tertiary/aromatic N) is 1. The summed E-state index contributed by atoms with van der Waals surface area (Å²) in [7, 11) is 0. The fourth-order valence-electron chi connectivity index (χ4n) is 2.76. The van der Waals surface area contributed by atoms with Crippen molar-refractivity contribution >= 4 is 17.3 Å². The highest BCUT2D eigenvalue weighted by Gasteiger charge is 2.29. The summed E-state index contributed by atoms with van der Waals surface area (Å²) in [5.74, 6) is -0.828. The van der Waals surface area contributed by atoms with Crippen LogP contribution in [0.5, 0.6) is 0 Å². The van der Waals surface area contributed by atoms with Crippen LogP contribution in [-0.2, 0) is 4.79 Å². The maximum absolute atomic E-state index is 11.1. The van der Waals surface area contributed by atoms with E-state index in [4.69, 9.17) is 5.11 Å². The highest BCUT2D eigenvalue weighted by Crippen LogP contribution is 2.33. The van der Waals surface area contributed by atoms with Crippen LogP contribution in [0.4, 0.5) is 0 Å². The van der Waals surface area contributed by atoms with Gasteiger partial charge in [-0.2, -0.15) is 0 Å². The van der Waals surface area contributed by atoms with E-state index in [0.717, 1.165) is 25.8 Å². The molecule has 0 bridgehead atoms. The van der Waals surface area contributed by atoms with E-state index in [1.165, 1.54) is 9.75 Å². The number of piperidine rings is 1. The van der Waals surface area contributed by atoms with Gasteiger partial charge in [0.1, 0.15) is 0 Å². The Morgan fingerprint density at radius 3 is 2.94 bits per heavy atom. The first-order valence-electron chi connectivity index (χ1n) is 6.65. The molecule has 1 aromatic heterocycles. The van der Waals surface area contributed by atoms with Crippen LogP contribution in [0.15, 0.2) is 12.1 Å². The summed E-state index contributed by atoms with van der Waals surface area (Å²) >= 11 is 1.83. The van der Waals surface area contributed by atoms with Gasteiger partial charge in [-0.25, -0.2) is 0 Å². The van der Waals surface area contributed by atoms with Crippen molar-refractivity contribution in [3.05, 3.63) is 21.9 Å². The summed E-state index contributed by atoms with van der Waals surface area (Å²) in [6.45, 7) is 6.03. The van der Waals surface area contributed by atoms with Crippen molar-refractivity contribution in [3.8, 4) is 0 Å². The van der Waals surface area contributed by atoms with Gasteiger partial charge >= 0.3 is 5.97 Å². The van der Waals surface area contributed by atoms with Gasteiger partial charge < -0.3 is 5.11 Å². The number of hydrogen-bond donors (Lipinski definition) is 1. The molecule has 0 radical (unpaired) electrons. The number of aryl methyl sites for hydroxylation is 1. The molecule has 3 nitrogen and oxygen atoms in total. The number of carboxylic acid groups (broad SMARTS) is 1. The van der Waals surface area contributed by atoms with Gasteiger partial charge in [-0.15, -0.1) is 11.3 Å². The summed E-state index contributed by atoms with van der Waals surface area (Å²) < 4.78 is 0. The van der Waals surface area contributed by atoms with Gasteiger partial charge in [0.05, 0.1) is 5.92 Å². The lowest BCUT2D eigenvalue weighted by molar-refractivity contribution is -0.144. The Bertz CT molecular complexity index is 416. The van der Waals surface area contributed by atoms with Gasteiger partial charge in [0, 0.05) is 22.3 Å². The van der Waals surface area contributed by atoms with Crippen LogP contribution in [0.3, 0.4) is 0 Å². The summed E-state index contributed by atoms with van der Waals surface area (Å²) in [5.41, 5.74) is 0. The Morgan fingerprint density at radius 1 is 1.61 bits per heavy atom. The van der Waals surface area contributed by atoms with Crippen LogP contribution in [0, 0.1) is 12.8 Å². The molecule has 4 heteroatoms. The molecule has 0 saturated carbocycles. The molecule has 2 atom stereocenters. The predicted molar refractivity (Wildman–Crippen MR) is 74.0 cm³/mol. The first-order valence-corrected chi connectivity index (χ1v) is 7.46. The number of rotatable bonds is 4. The second-order valence-electron chi connectivity index (χ2n) is 5.04. The summed E-state index contributed by atoms with van der Waals surface area (Å²) in [5, 5.41) is 9.16. The molecule has 0 aliphatic carbocycles. The van der Waals surface area contributed by atoms with Gasteiger partial charge in [-0.05, 0) is 44.9 Å². The number of likely N-dealkylation sites (tertiary alicyclic amines) is 1. The number of carbonyl (C=O) groups is 1. The predicted octanol–water partition coefficient (Wildman–Crippen LogP) is 3.30. The van der Waals surface area contributed by atoms with E-state index < -0.39 is 5.97 Å². The quantitative estimate of drug-likeness (QED) is 0.910. The highest BCUT2D eigenvalue weighted by molar-refractivity contribution is 7.12. The lowest BCUT2D eigenvalue weighted by Crippen LogP contribution is -2.40. The molecule has 1 N–H and O–H groups in total. The standard InChI is InChI=1S/C14H21NO2S/c1-3-12(13-7-6-10(2)18-13)15-8-4-5-11(9-15)14(16)17/h6-7,11-12H,3-5,8-9H2,1-2H3,(H,16,17). The normalized spacial score (nSPS) is 22.9. The van der Waals surface area contributed by atoms with Crippen molar-refractivity contribution in [2.75, 3.05) is 13.1 Å². The Labute approximate surface area is 112 Å². The first kappa shape index (κ1) is 13.6. The van der Waals surface area contributed by atoms with E-state index in [2.05, 4.69) is 30.9 Å². The minimum Gasteiger partial charge on any atom is -0.481 e. The van der Waals surface area contributed by atoms with E-state index in [-0.39, 0.29) is 5.92 Å². The molecule has 1 aliphatic heterocycles. The molecule has 2 heterocycles. The Balaban J connectivity index is 2.10. The second kappa shape index (κ2) is 5.85. The Morgan fingerprint density at radius 2 is 2.39 bits per heavy atom. The van der Waals surface area contributed by atoms with Crippen molar-refractivity contribution in [1.29, 1.82) is 0 Å². The van der Waals surface area contributed by atoms with Crippen molar-refractivity contribution in [2.45, 2.75) is 39.2 Å². The molecule has 1 aliphatic rings. The zero-order chi connectivity index (χ0) is 13.1. The summed E-state index contributed by atoms with van der Waals surface area (Å²) in [6.07, 6.45) is 2.87. The van der Waals surface area contributed by atoms with Crippen molar-refractivity contribution < 1.29 is 9.90 Å². The first-order chi connectivity index (χ1) is 8.61. The van der Waals surface area contributed by atoms with Crippen molar-refractivity contribution in [2.24, 2.45) is 5.92 Å². The summed E-state index contributed by atoms with van der Waals surface area (Å²) in [6, 6.07) is 4.74. The molecule has 1 fully saturated rings. The lowest BCUT2D eigenvalue weighted by atomic mass is 9.96. The zero-order valence-electron chi connectivity index (χ0n) is 11.1. The van der Waals surface area contributed by atoms with Crippen LogP contribution in [-0.4, -0.2) is 29.1 Å². The van der Waals surface area contributed by atoms with Crippen LogP contribution >= 0.6 is 11.3 Å². The molecule has 0 amide bonds. The number of aliphatic carboxylic acids is 1. The van der Waals surface area contributed by atoms with E-state index in [0.29, 0.717) is 12.6 Å². The summed E-state index contributed by atoms with van der Waals surface area (Å²) in [4.78, 5) is 16.2. The van der Waals surface area contributed by atoms with Crippen LogP contribution in [0.1, 0.15) is 42.0 Å². The second-order valence-corrected chi connectivity index (χ2v) is 6.36. The molecule has 18 heavy (non-hydrogen) atoms. The third-order valence-corrected chi connectivity index (χ3v) is 4.82. The van der Waals surface area contributed by atoms with Crippen molar-refractivity contribution in [1.82, 2.24) is 4.90 Å². The van der Waals surface area contributed by atoms with E-state index in [9.17, 15) is 4.79 Å². The van der Waals surface area contributed by atoms with E-state index >= 15 is 0 Å². The van der Waals surface area contributed by atoms with Gasteiger partial charge in [0.2, 0.25) is 0 Å². The van der Waals surface area contributed by atoms with Crippen molar-refractivity contribution in [3.63, 3.8) is 0 Å². The SMILES string of the molecule is CCC(c1ccc(C)s1)N1CCCC(C(=O)O)C1. The number of hydrogen-bond acceptors (Lipinski definition) is 3. The smallest absolute Gasteiger partial charge is 0.307 e. The average molecular weight is 267 g/mol. The van der Waals surface area contributed by atoms with Gasteiger partial charge in [-0.1, -0.05) is 6.92 Å². The fraction of sp³-hybridized carbons (Fsp3) is 0.643. The Hall–Kier alpha value is -0.870. The fourth-order valence-corrected chi connectivity index (χ4v) is 3.86. The molecular formula is C14H21NO2S. The average Bonchev–Trinajstić information content (AvgIpc) is 2.77. The molecule has 0 spiro atoms. The zero-order valence-corrected chi connectivity index (χ0v) is 11.9. The molecule has 2 unspecified atom stereocenters. The monoisotopic (exact) mass is 267 g/mol. The van der Waals surface area contributed by atoms with Gasteiger partial charge in [0.25, 0.3) is 0 Å². The molecular weight excluding hydrogens is 246 g/mol. The van der Waals surface area contributed by atoms with Gasteiger partial charge in [0.15, 0.2) is 0 Å². The van der Waals surface area contributed by atoms with Crippen LogP contribution in [0.25, 0.3) is 0 Å². The third-order valence-electron chi connectivity index (χ3n) is 3.72. The minimum atomic E-state index is -0.642. The molecule has 1 aromatic rings. The lowest BCUT2D eigenvalue weighted by Gasteiger charge is -2.36. The minimum absolute atomic E-state index is 0.186. The maximum atomic E-state index is 11.1.